The van der Waals surface area contributed by atoms with Crippen LogP contribution in [0.4, 0.5) is 11.5 Å². The minimum absolute atomic E-state index is 0.230. The van der Waals surface area contributed by atoms with Crippen LogP contribution in [-0.2, 0) is 0 Å². The zero-order valence-electron chi connectivity index (χ0n) is 13.7. The van der Waals surface area contributed by atoms with Gasteiger partial charge in [0.05, 0.1) is 0 Å². The predicted molar refractivity (Wildman–Crippen MR) is 97.4 cm³/mol. The predicted octanol–water partition coefficient (Wildman–Crippen LogP) is 2.65. The molecule has 0 bridgehead atoms. The summed E-state index contributed by atoms with van der Waals surface area (Å²) in [7, 11) is 0. The molecule has 6 heteroatoms. The molecule has 1 aromatic carbocycles. The molecule has 0 atom stereocenters. The quantitative estimate of drug-likeness (QED) is 0.794. The normalized spacial score (nSPS) is 14.7. The standard InChI is InChI=1S/C19H18N4O2/c24-19(25)16-13-14-5-4-8-20-17(14)21-18(16)23-11-9-22(10-12-23)15-6-2-1-3-7-15/h1-8,13H,9-12H2,(H,24,25). The lowest BCUT2D eigenvalue weighted by molar-refractivity contribution is 0.0697. The Labute approximate surface area is 145 Å². The van der Waals surface area contributed by atoms with Crippen LogP contribution in [0.5, 0.6) is 0 Å². The van der Waals surface area contributed by atoms with Gasteiger partial charge in [0.2, 0.25) is 0 Å². The van der Waals surface area contributed by atoms with Crippen LogP contribution in [0.3, 0.4) is 0 Å². The molecule has 6 nitrogen and oxygen atoms in total. The van der Waals surface area contributed by atoms with E-state index in [1.54, 1.807) is 18.3 Å². The second-order valence-electron chi connectivity index (χ2n) is 6.02. The first-order chi connectivity index (χ1) is 12.2. The summed E-state index contributed by atoms with van der Waals surface area (Å²) in [5.74, 6) is -0.454. The maximum Gasteiger partial charge on any atom is 0.339 e. The smallest absolute Gasteiger partial charge is 0.339 e. The summed E-state index contributed by atoms with van der Waals surface area (Å²) in [4.78, 5) is 24.8. The fourth-order valence-corrected chi connectivity index (χ4v) is 3.21. The third kappa shape index (κ3) is 2.98. The number of pyridine rings is 2. The molecule has 3 aromatic rings. The van der Waals surface area contributed by atoms with Crippen LogP contribution in [0, 0.1) is 0 Å². The second-order valence-corrected chi connectivity index (χ2v) is 6.02. The van der Waals surface area contributed by atoms with E-state index in [0.29, 0.717) is 11.5 Å². The number of hydrogen-bond donors (Lipinski definition) is 1. The SMILES string of the molecule is O=C(O)c1cc2cccnc2nc1N1CCN(c2ccccc2)CC1. The van der Waals surface area contributed by atoms with Crippen molar-refractivity contribution in [1.29, 1.82) is 0 Å². The van der Waals surface area contributed by atoms with Gasteiger partial charge in [0, 0.05) is 43.4 Å². The number of carboxylic acid groups (broad SMARTS) is 1. The Hall–Kier alpha value is -3.15. The van der Waals surface area contributed by atoms with Crippen LogP contribution in [-0.4, -0.2) is 47.2 Å². The van der Waals surface area contributed by atoms with Crippen molar-refractivity contribution in [2.24, 2.45) is 0 Å². The number of carbonyl (C=O) groups is 1. The monoisotopic (exact) mass is 334 g/mol. The molecular weight excluding hydrogens is 316 g/mol. The lowest BCUT2D eigenvalue weighted by atomic mass is 10.1. The molecule has 1 fully saturated rings. The molecule has 0 saturated carbocycles. The molecule has 0 radical (unpaired) electrons. The van der Waals surface area contributed by atoms with Gasteiger partial charge in [-0.05, 0) is 30.3 Å². The summed E-state index contributed by atoms with van der Waals surface area (Å²) in [6.45, 7) is 3.09. The summed E-state index contributed by atoms with van der Waals surface area (Å²) in [5.41, 5.74) is 2.00. The number of fused-ring (bicyclic) bond motifs is 1. The third-order valence-corrected chi connectivity index (χ3v) is 4.50. The molecule has 25 heavy (non-hydrogen) atoms. The number of aromatic carboxylic acids is 1. The van der Waals surface area contributed by atoms with E-state index in [4.69, 9.17) is 0 Å². The van der Waals surface area contributed by atoms with E-state index < -0.39 is 5.97 Å². The maximum atomic E-state index is 11.7. The van der Waals surface area contributed by atoms with Crippen LogP contribution in [0.15, 0.2) is 54.7 Å². The van der Waals surface area contributed by atoms with E-state index in [0.717, 1.165) is 31.6 Å². The van der Waals surface area contributed by atoms with Crippen molar-refractivity contribution in [3.63, 3.8) is 0 Å². The highest BCUT2D eigenvalue weighted by molar-refractivity contribution is 5.97. The molecule has 1 N–H and O–H groups in total. The van der Waals surface area contributed by atoms with Gasteiger partial charge in [-0.2, -0.15) is 0 Å². The van der Waals surface area contributed by atoms with Gasteiger partial charge in [-0.3, -0.25) is 0 Å². The Kier molecular flexibility index (Phi) is 3.93. The van der Waals surface area contributed by atoms with E-state index in [1.807, 2.05) is 29.2 Å². The van der Waals surface area contributed by atoms with Crippen LogP contribution < -0.4 is 9.80 Å². The van der Waals surface area contributed by atoms with E-state index >= 15 is 0 Å². The van der Waals surface area contributed by atoms with Crippen molar-refractivity contribution in [1.82, 2.24) is 9.97 Å². The summed E-state index contributed by atoms with van der Waals surface area (Å²) < 4.78 is 0. The van der Waals surface area contributed by atoms with Crippen LogP contribution in [0.2, 0.25) is 0 Å². The van der Waals surface area contributed by atoms with Crippen molar-refractivity contribution in [3.05, 3.63) is 60.3 Å². The average Bonchev–Trinajstić information content (AvgIpc) is 2.68. The van der Waals surface area contributed by atoms with Gasteiger partial charge in [0.1, 0.15) is 11.4 Å². The topological polar surface area (TPSA) is 69.6 Å². The zero-order valence-corrected chi connectivity index (χ0v) is 13.7. The fourth-order valence-electron chi connectivity index (χ4n) is 3.21. The number of anilines is 2. The molecule has 1 saturated heterocycles. The molecule has 3 heterocycles. The van der Waals surface area contributed by atoms with Gasteiger partial charge in [-0.25, -0.2) is 14.8 Å². The van der Waals surface area contributed by atoms with Crippen molar-refractivity contribution >= 4 is 28.5 Å². The minimum Gasteiger partial charge on any atom is -0.478 e. The van der Waals surface area contributed by atoms with E-state index in [1.165, 1.54) is 5.69 Å². The number of hydrogen-bond acceptors (Lipinski definition) is 5. The summed E-state index contributed by atoms with van der Waals surface area (Å²) in [5, 5.41) is 10.3. The van der Waals surface area contributed by atoms with Crippen LogP contribution in [0.1, 0.15) is 10.4 Å². The molecular formula is C19H18N4O2. The highest BCUT2D eigenvalue weighted by atomic mass is 16.4. The molecule has 126 valence electrons. The number of carboxylic acids is 1. The Bertz CT molecular complexity index is 906. The van der Waals surface area contributed by atoms with E-state index in [-0.39, 0.29) is 5.56 Å². The Morgan fingerprint density at radius 1 is 0.960 bits per heavy atom. The van der Waals surface area contributed by atoms with Crippen molar-refractivity contribution in [3.8, 4) is 0 Å². The minimum atomic E-state index is -0.959. The molecule has 0 unspecified atom stereocenters. The molecule has 1 aliphatic heterocycles. The second kappa shape index (κ2) is 6.39. The largest absolute Gasteiger partial charge is 0.478 e. The Balaban J connectivity index is 1.62. The number of aromatic nitrogens is 2. The lowest BCUT2D eigenvalue weighted by Crippen LogP contribution is -2.47. The van der Waals surface area contributed by atoms with Gasteiger partial charge in [-0.15, -0.1) is 0 Å². The highest BCUT2D eigenvalue weighted by Crippen LogP contribution is 2.25. The third-order valence-electron chi connectivity index (χ3n) is 4.50. The fraction of sp³-hybridized carbons (Fsp3) is 0.211. The number of para-hydroxylation sites is 1. The van der Waals surface area contributed by atoms with Crippen molar-refractivity contribution < 1.29 is 9.90 Å². The van der Waals surface area contributed by atoms with Crippen molar-refractivity contribution in [2.75, 3.05) is 36.0 Å². The van der Waals surface area contributed by atoms with Gasteiger partial charge < -0.3 is 14.9 Å². The molecule has 1 aliphatic rings. The first kappa shape index (κ1) is 15.4. The zero-order chi connectivity index (χ0) is 17.2. The molecule has 0 spiro atoms. The van der Waals surface area contributed by atoms with Gasteiger partial charge in [-0.1, -0.05) is 18.2 Å². The van der Waals surface area contributed by atoms with Gasteiger partial charge >= 0.3 is 5.97 Å². The first-order valence-electron chi connectivity index (χ1n) is 8.26. The number of benzene rings is 1. The highest BCUT2D eigenvalue weighted by Gasteiger charge is 2.23. The first-order valence-corrected chi connectivity index (χ1v) is 8.26. The lowest BCUT2D eigenvalue weighted by Gasteiger charge is -2.37. The summed E-state index contributed by atoms with van der Waals surface area (Å²) in [6, 6.07) is 15.5. The average molecular weight is 334 g/mol. The maximum absolute atomic E-state index is 11.7. The number of rotatable bonds is 3. The van der Waals surface area contributed by atoms with E-state index in [2.05, 4.69) is 27.0 Å². The van der Waals surface area contributed by atoms with Crippen LogP contribution in [0.25, 0.3) is 11.0 Å². The molecule has 2 aromatic heterocycles. The van der Waals surface area contributed by atoms with Crippen LogP contribution >= 0.6 is 0 Å². The van der Waals surface area contributed by atoms with Gasteiger partial charge in [0.25, 0.3) is 0 Å². The van der Waals surface area contributed by atoms with Crippen molar-refractivity contribution in [2.45, 2.75) is 0 Å². The molecule has 4 rings (SSSR count). The number of nitrogens with zero attached hydrogens (tertiary/aromatic N) is 4. The molecule has 0 amide bonds. The van der Waals surface area contributed by atoms with E-state index in [9.17, 15) is 9.90 Å². The summed E-state index contributed by atoms with van der Waals surface area (Å²) in [6.07, 6.45) is 1.67. The number of piperazine rings is 1. The Morgan fingerprint density at radius 2 is 1.68 bits per heavy atom. The Morgan fingerprint density at radius 3 is 2.40 bits per heavy atom. The summed E-state index contributed by atoms with van der Waals surface area (Å²) >= 11 is 0. The molecule has 0 aliphatic carbocycles. The van der Waals surface area contributed by atoms with Gasteiger partial charge in [0.15, 0.2) is 5.65 Å².